The normalized spacial score (nSPS) is 18.4. The summed E-state index contributed by atoms with van der Waals surface area (Å²) in [5.74, 6) is 3.20. The Morgan fingerprint density at radius 2 is 1.85 bits per heavy atom. The molecule has 2 nitrogen and oxygen atoms in total. The van der Waals surface area contributed by atoms with Crippen molar-refractivity contribution in [2.24, 2.45) is 0 Å². The molecule has 0 aromatic carbocycles. The lowest BCUT2D eigenvalue weighted by Gasteiger charge is -2.06. The third kappa shape index (κ3) is 5.09. The van der Waals surface area contributed by atoms with Gasteiger partial charge in [0.25, 0.3) is 0 Å². The molecule has 0 aromatic heterocycles. The van der Waals surface area contributed by atoms with E-state index in [1.807, 2.05) is 0 Å². The third-order valence-electron chi connectivity index (χ3n) is 1.66. The van der Waals surface area contributed by atoms with E-state index in [2.05, 4.69) is 31.1 Å². The van der Waals surface area contributed by atoms with E-state index in [1.165, 1.54) is 0 Å². The molecule has 74 valence electrons. The van der Waals surface area contributed by atoms with Gasteiger partial charge in [0.2, 0.25) is 0 Å². The fourth-order valence-corrected chi connectivity index (χ4v) is 1.75. The average molecular weight is 198 g/mol. The van der Waals surface area contributed by atoms with Crippen molar-refractivity contribution in [1.82, 2.24) is 0 Å². The summed E-state index contributed by atoms with van der Waals surface area (Å²) in [4.78, 5) is 0. The van der Waals surface area contributed by atoms with Gasteiger partial charge in [-0.3, -0.25) is 0 Å². The molecule has 1 heterocycles. The zero-order valence-electron chi connectivity index (χ0n) is 8.72. The Balaban J connectivity index is 2.14. The number of hydrogen-bond donors (Lipinski definition) is 0. The molecule has 3 heteroatoms. The first kappa shape index (κ1) is 10.8. The summed E-state index contributed by atoms with van der Waals surface area (Å²) in [7, 11) is -1.18. The maximum absolute atomic E-state index is 5.31. The summed E-state index contributed by atoms with van der Waals surface area (Å²) < 4.78 is 10.6. The lowest BCUT2D eigenvalue weighted by atomic mass is 10.3. The van der Waals surface area contributed by atoms with Gasteiger partial charge >= 0.3 is 0 Å². The molecule has 0 aliphatic carbocycles. The van der Waals surface area contributed by atoms with Gasteiger partial charge in [-0.1, -0.05) is 19.6 Å². The van der Waals surface area contributed by atoms with Crippen molar-refractivity contribution in [3.8, 4) is 11.5 Å². The largest absolute Gasteiger partial charge is 0.350 e. The van der Waals surface area contributed by atoms with E-state index < -0.39 is 8.07 Å². The van der Waals surface area contributed by atoms with E-state index in [0.29, 0.717) is 0 Å². The molecule has 0 amide bonds. The Hall–Kier alpha value is -0.303. The highest BCUT2D eigenvalue weighted by Crippen LogP contribution is 2.09. The van der Waals surface area contributed by atoms with E-state index >= 15 is 0 Å². The first-order valence-corrected chi connectivity index (χ1v) is 8.31. The maximum Gasteiger partial charge on any atom is 0.158 e. The number of rotatable bonds is 2. The molecule has 13 heavy (non-hydrogen) atoms. The number of ether oxygens (including phenoxy) is 2. The molecule has 0 saturated carbocycles. The highest BCUT2D eigenvalue weighted by Gasteiger charge is 2.14. The molecule has 1 aliphatic heterocycles. The Bertz CT molecular complexity index is 203. The van der Waals surface area contributed by atoms with Crippen LogP contribution in [0.15, 0.2) is 0 Å². The molecule has 0 radical (unpaired) electrons. The Kier molecular flexibility index (Phi) is 3.98. The lowest BCUT2D eigenvalue weighted by molar-refractivity contribution is -0.0453. The van der Waals surface area contributed by atoms with Gasteiger partial charge in [0, 0.05) is 12.8 Å². The van der Waals surface area contributed by atoms with Crippen LogP contribution < -0.4 is 0 Å². The van der Waals surface area contributed by atoms with Gasteiger partial charge in [-0.05, 0) is 0 Å². The Labute approximate surface area is 81.6 Å². The van der Waals surface area contributed by atoms with Crippen LogP contribution in [0.4, 0.5) is 0 Å². The van der Waals surface area contributed by atoms with Gasteiger partial charge in [0.05, 0.1) is 13.2 Å². The van der Waals surface area contributed by atoms with Crippen molar-refractivity contribution in [3.05, 3.63) is 0 Å². The zero-order chi connectivity index (χ0) is 9.73. The van der Waals surface area contributed by atoms with Crippen LogP contribution in [-0.2, 0) is 9.47 Å². The molecular formula is C10H18O2Si. The topological polar surface area (TPSA) is 18.5 Å². The third-order valence-corrected chi connectivity index (χ3v) is 2.59. The molecular weight excluding hydrogens is 180 g/mol. The Morgan fingerprint density at radius 3 is 2.38 bits per heavy atom. The highest BCUT2D eigenvalue weighted by atomic mass is 28.3. The SMILES string of the molecule is C[Si](C)(C)C#CCCC1OCCO1. The standard InChI is InChI=1S/C10H18O2Si/c1-13(2,3)9-5-4-6-10-11-7-8-12-10/h10H,4,6-8H2,1-3H3. The molecule has 0 N–H and O–H groups in total. The van der Waals surface area contributed by atoms with Crippen LogP contribution in [-0.4, -0.2) is 27.6 Å². The quantitative estimate of drug-likeness (QED) is 0.499. The smallest absolute Gasteiger partial charge is 0.158 e. The van der Waals surface area contributed by atoms with E-state index in [1.54, 1.807) is 0 Å². The van der Waals surface area contributed by atoms with Crippen LogP contribution in [0.1, 0.15) is 12.8 Å². The summed E-state index contributed by atoms with van der Waals surface area (Å²) in [6.45, 7) is 8.24. The van der Waals surface area contributed by atoms with Crippen molar-refractivity contribution in [2.75, 3.05) is 13.2 Å². The van der Waals surface area contributed by atoms with Gasteiger partial charge in [0.15, 0.2) is 6.29 Å². The average Bonchev–Trinajstić information content (AvgIpc) is 2.48. The monoisotopic (exact) mass is 198 g/mol. The van der Waals surface area contributed by atoms with Crippen molar-refractivity contribution in [1.29, 1.82) is 0 Å². The van der Waals surface area contributed by atoms with Crippen molar-refractivity contribution < 1.29 is 9.47 Å². The summed E-state index contributed by atoms with van der Waals surface area (Å²) in [5, 5.41) is 0. The predicted octanol–water partition coefficient (Wildman–Crippen LogP) is 2.02. The molecule has 0 atom stereocenters. The molecule has 0 spiro atoms. The van der Waals surface area contributed by atoms with Gasteiger partial charge in [-0.25, -0.2) is 0 Å². The minimum absolute atomic E-state index is 0.0101. The highest BCUT2D eigenvalue weighted by molar-refractivity contribution is 6.83. The molecule has 1 fully saturated rings. The predicted molar refractivity (Wildman–Crippen MR) is 56.0 cm³/mol. The fourth-order valence-electron chi connectivity index (χ4n) is 1.09. The number of hydrogen-bond acceptors (Lipinski definition) is 2. The van der Waals surface area contributed by atoms with Gasteiger partial charge < -0.3 is 9.47 Å². The van der Waals surface area contributed by atoms with Crippen LogP contribution in [0.2, 0.25) is 19.6 Å². The minimum atomic E-state index is -1.18. The second-order valence-corrected chi connectivity index (χ2v) is 9.01. The van der Waals surface area contributed by atoms with Crippen LogP contribution in [0.25, 0.3) is 0 Å². The fraction of sp³-hybridized carbons (Fsp3) is 0.800. The molecule has 1 saturated heterocycles. The minimum Gasteiger partial charge on any atom is -0.350 e. The van der Waals surface area contributed by atoms with Crippen LogP contribution in [0.3, 0.4) is 0 Å². The second-order valence-electron chi connectivity index (χ2n) is 4.26. The van der Waals surface area contributed by atoms with Gasteiger partial charge in [-0.15, -0.1) is 11.5 Å². The molecule has 0 bridgehead atoms. The van der Waals surface area contributed by atoms with Crippen LogP contribution in [0.5, 0.6) is 0 Å². The molecule has 0 unspecified atom stereocenters. The van der Waals surface area contributed by atoms with Gasteiger partial charge in [0.1, 0.15) is 8.07 Å². The van der Waals surface area contributed by atoms with Crippen molar-refractivity contribution in [3.63, 3.8) is 0 Å². The summed E-state index contributed by atoms with van der Waals surface area (Å²) in [6.07, 6.45) is 1.82. The maximum atomic E-state index is 5.31. The van der Waals surface area contributed by atoms with Crippen LogP contribution >= 0.6 is 0 Å². The van der Waals surface area contributed by atoms with Crippen molar-refractivity contribution in [2.45, 2.75) is 38.8 Å². The second kappa shape index (κ2) is 4.80. The molecule has 0 aromatic rings. The van der Waals surface area contributed by atoms with E-state index in [4.69, 9.17) is 9.47 Å². The Morgan fingerprint density at radius 1 is 1.23 bits per heavy atom. The first-order valence-electron chi connectivity index (χ1n) is 4.81. The van der Waals surface area contributed by atoms with E-state index in [-0.39, 0.29) is 6.29 Å². The first-order chi connectivity index (χ1) is 6.08. The summed E-state index contributed by atoms with van der Waals surface area (Å²) >= 11 is 0. The summed E-state index contributed by atoms with van der Waals surface area (Å²) in [6, 6.07) is 0. The van der Waals surface area contributed by atoms with Crippen LogP contribution in [0, 0.1) is 11.5 Å². The molecule has 1 aliphatic rings. The molecule has 1 rings (SSSR count). The van der Waals surface area contributed by atoms with Crippen molar-refractivity contribution >= 4 is 8.07 Å². The summed E-state index contributed by atoms with van der Waals surface area (Å²) in [5.41, 5.74) is 3.32. The van der Waals surface area contributed by atoms with E-state index in [9.17, 15) is 0 Å². The van der Waals surface area contributed by atoms with E-state index in [0.717, 1.165) is 26.1 Å². The zero-order valence-corrected chi connectivity index (χ0v) is 9.72. The van der Waals surface area contributed by atoms with Gasteiger partial charge in [-0.2, -0.15) is 0 Å². The lowest BCUT2D eigenvalue weighted by Crippen LogP contribution is -2.16.